The van der Waals surface area contributed by atoms with E-state index in [1.165, 1.54) is 0 Å². The Morgan fingerprint density at radius 1 is 1.00 bits per heavy atom. The molecule has 0 N–H and O–H groups in total. The van der Waals surface area contributed by atoms with E-state index in [1.807, 2.05) is 71.1 Å². The van der Waals surface area contributed by atoms with E-state index in [0.717, 1.165) is 46.1 Å². The Hall–Kier alpha value is -3.38. The van der Waals surface area contributed by atoms with Crippen LogP contribution < -0.4 is 4.90 Å². The number of piperazine rings is 1. The molecule has 1 fully saturated rings. The van der Waals surface area contributed by atoms with E-state index in [-0.39, 0.29) is 5.91 Å². The number of aryl methyl sites for hydroxylation is 1. The van der Waals surface area contributed by atoms with Crippen LogP contribution in [0.15, 0.2) is 66.9 Å². The number of pyridine rings is 1. The smallest absolute Gasteiger partial charge is 0.254 e. The van der Waals surface area contributed by atoms with Gasteiger partial charge >= 0.3 is 0 Å². The van der Waals surface area contributed by atoms with Crippen molar-refractivity contribution in [2.24, 2.45) is 0 Å². The molecule has 162 valence electrons. The van der Waals surface area contributed by atoms with Crippen LogP contribution >= 0.6 is 11.6 Å². The molecule has 0 radical (unpaired) electrons. The lowest BCUT2D eigenvalue weighted by molar-refractivity contribution is 0.0748. The zero-order valence-corrected chi connectivity index (χ0v) is 18.7. The molecule has 32 heavy (non-hydrogen) atoms. The average Bonchev–Trinajstić information content (AvgIpc) is 3.27. The lowest BCUT2D eigenvalue weighted by Crippen LogP contribution is -2.48. The number of carbonyl (C=O) groups excluding carboxylic acids is 1. The monoisotopic (exact) mass is 445 g/mol. The molecular formula is C25H24ClN5O. The normalized spacial score (nSPS) is 14.2. The lowest BCUT2D eigenvalue weighted by Gasteiger charge is -2.36. The number of aromatic nitrogens is 3. The van der Waals surface area contributed by atoms with Gasteiger partial charge in [0.25, 0.3) is 5.91 Å². The summed E-state index contributed by atoms with van der Waals surface area (Å²) in [5, 5.41) is 5.98. The minimum Gasteiger partial charge on any atom is -0.368 e. The molecule has 4 aromatic rings. The second-order valence-corrected chi connectivity index (χ2v) is 8.31. The Kier molecular flexibility index (Phi) is 5.53. The Bertz CT molecular complexity index is 1260. The molecule has 1 saturated heterocycles. The number of hydrogen-bond donors (Lipinski definition) is 0. The number of carbonyl (C=O) groups is 1. The van der Waals surface area contributed by atoms with Gasteiger partial charge in [0.15, 0.2) is 5.65 Å². The molecular weight excluding hydrogens is 422 g/mol. The second kappa shape index (κ2) is 8.63. The predicted octanol–water partition coefficient (Wildman–Crippen LogP) is 4.73. The molecule has 0 atom stereocenters. The van der Waals surface area contributed by atoms with Gasteiger partial charge in [0.05, 0.1) is 22.8 Å². The van der Waals surface area contributed by atoms with Crippen molar-refractivity contribution in [1.29, 1.82) is 0 Å². The van der Waals surface area contributed by atoms with Gasteiger partial charge in [-0.1, -0.05) is 48.0 Å². The van der Waals surface area contributed by atoms with Gasteiger partial charge in [-0.25, -0.2) is 9.67 Å². The van der Waals surface area contributed by atoms with Gasteiger partial charge in [0.2, 0.25) is 0 Å². The molecule has 0 aliphatic carbocycles. The quantitative estimate of drug-likeness (QED) is 0.455. The number of halogens is 1. The molecule has 2 aromatic heterocycles. The summed E-state index contributed by atoms with van der Waals surface area (Å²) >= 11 is 6.15. The summed E-state index contributed by atoms with van der Waals surface area (Å²) in [6.07, 6.45) is 1.76. The topological polar surface area (TPSA) is 54.3 Å². The minimum atomic E-state index is 0.0241. The van der Waals surface area contributed by atoms with Crippen molar-refractivity contribution >= 4 is 34.2 Å². The molecule has 6 nitrogen and oxygen atoms in total. The zero-order chi connectivity index (χ0) is 22.1. The highest BCUT2D eigenvalue weighted by Gasteiger charge is 2.25. The number of fused-ring (bicyclic) bond motifs is 1. The summed E-state index contributed by atoms with van der Waals surface area (Å²) in [6, 6.07) is 19.7. The van der Waals surface area contributed by atoms with Gasteiger partial charge in [-0.05, 0) is 31.2 Å². The molecule has 5 rings (SSSR count). The first kappa shape index (κ1) is 20.5. The van der Waals surface area contributed by atoms with E-state index in [1.54, 1.807) is 6.20 Å². The molecule has 0 bridgehead atoms. The van der Waals surface area contributed by atoms with E-state index < -0.39 is 0 Å². The van der Waals surface area contributed by atoms with Crippen LogP contribution in [0.25, 0.3) is 22.3 Å². The highest BCUT2D eigenvalue weighted by Crippen LogP contribution is 2.27. The van der Waals surface area contributed by atoms with Crippen LogP contribution in [0.4, 0.5) is 5.69 Å². The van der Waals surface area contributed by atoms with Crippen LogP contribution in [0, 0.1) is 0 Å². The van der Waals surface area contributed by atoms with Gasteiger partial charge in [0, 0.05) is 49.0 Å². The van der Waals surface area contributed by atoms with Crippen molar-refractivity contribution in [1.82, 2.24) is 19.7 Å². The maximum atomic E-state index is 13.6. The van der Waals surface area contributed by atoms with Gasteiger partial charge in [-0.3, -0.25) is 4.79 Å². The SMILES string of the molecule is CCn1ncc2c(C(=O)N3CCN(c4cccc(Cl)c4)CC3)cc(-c3ccccc3)nc21. The number of rotatable bonds is 4. The fourth-order valence-electron chi connectivity index (χ4n) is 4.22. The minimum absolute atomic E-state index is 0.0241. The number of anilines is 1. The summed E-state index contributed by atoms with van der Waals surface area (Å²) in [5.41, 5.74) is 4.26. The summed E-state index contributed by atoms with van der Waals surface area (Å²) in [4.78, 5) is 22.6. The van der Waals surface area contributed by atoms with E-state index in [0.29, 0.717) is 25.2 Å². The fourth-order valence-corrected chi connectivity index (χ4v) is 4.41. The van der Waals surface area contributed by atoms with Crippen molar-refractivity contribution in [3.63, 3.8) is 0 Å². The van der Waals surface area contributed by atoms with E-state index in [2.05, 4.69) is 16.1 Å². The fraction of sp³-hybridized carbons (Fsp3) is 0.240. The van der Waals surface area contributed by atoms with Crippen molar-refractivity contribution in [2.45, 2.75) is 13.5 Å². The molecule has 1 aliphatic heterocycles. The maximum absolute atomic E-state index is 13.6. The number of hydrogen-bond acceptors (Lipinski definition) is 4. The third-order valence-electron chi connectivity index (χ3n) is 5.95. The van der Waals surface area contributed by atoms with Crippen molar-refractivity contribution in [2.75, 3.05) is 31.1 Å². The molecule has 1 amide bonds. The van der Waals surface area contributed by atoms with Crippen LogP contribution in [0.5, 0.6) is 0 Å². The Balaban J connectivity index is 1.45. The number of benzene rings is 2. The highest BCUT2D eigenvalue weighted by molar-refractivity contribution is 6.30. The maximum Gasteiger partial charge on any atom is 0.254 e. The summed E-state index contributed by atoms with van der Waals surface area (Å²) in [5.74, 6) is 0.0241. The van der Waals surface area contributed by atoms with Crippen LogP contribution in [0.1, 0.15) is 17.3 Å². The van der Waals surface area contributed by atoms with Crippen LogP contribution in [-0.2, 0) is 6.54 Å². The lowest BCUT2D eigenvalue weighted by atomic mass is 10.1. The van der Waals surface area contributed by atoms with Gasteiger partial charge in [-0.2, -0.15) is 5.10 Å². The first-order valence-corrected chi connectivity index (χ1v) is 11.2. The molecule has 7 heteroatoms. The summed E-state index contributed by atoms with van der Waals surface area (Å²) < 4.78 is 1.84. The Morgan fingerprint density at radius 2 is 1.78 bits per heavy atom. The molecule has 1 aliphatic rings. The summed E-state index contributed by atoms with van der Waals surface area (Å²) in [7, 11) is 0. The number of amides is 1. The van der Waals surface area contributed by atoms with Crippen LogP contribution in [0.3, 0.4) is 0 Å². The first-order valence-electron chi connectivity index (χ1n) is 10.9. The highest BCUT2D eigenvalue weighted by atomic mass is 35.5. The van der Waals surface area contributed by atoms with E-state index in [9.17, 15) is 4.79 Å². The Morgan fingerprint density at radius 3 is 2.50 bits per heavy atom. The predicted molar refractivity (Wildman–Crippen MR) is 128 cm³/mol. The molecule has 0 saturated carbocycles. The summed E-state index contributed by atoms with van der Waals surface area (Å²) in [6.45, 7) is 5.55. The van der Waals surface area contributed by atoms with Gasteiger partial charge < -0.3 is 9.80 Å². The molecule has 2 aromatic carbocycles. The third kappa shape index (κ3) is 3.82. The first-order chi connectivity index (χ1) is 15.6. The van der Waals surface area contributed by atoms with E-state index in [4.69, 9.17) is 16.6 Å². The molecule has 0 spiro atoms. The molecule has 0 unspecified atom stereocenters. The van der Waals surface area contributed by atoms with Gasteiger partial charge in [0.1, 0.15) is 0 Å². The van der Waals surface area contributed by atoms with Crippen molar-refractivity contribution < 1.29 is 4.79 Å². The van der Waals surface area contributed by atoms with Gasteiger partial charge in [-0.15, -0.1) is 0 Å². The number of nitrogens with zero attached hydrogens (tertiary/aromatic N) is 5. The van der Waals surface area contributed by atoms with Crippen LogP contribution in [-0.4, -0.2) is 51.8 Å². The third-order valence-corrected chi connectivity index (χ3v) is 6.18. The molecule has 3 heterocycles. The van der Waals surface area contributed by atoms with Crippen LogP contribution in [0.2, 0.25) is 5.02 Å². The zero-order valence-electron chi connectivity index (χ0n) is 17.9. The van der Waals surface area contributed by atoms with E-state index >= 15 is 0 Å². The largest absolute Gasteiger partial charge is 0.368 e. The second-order valence-electron chi connectivity index (χ2n) is 7.88. The van der Waals surface area contributed by atoms with Crippen molar-refractivity contribution in [3.8, 4) is 11.3 Å². The Labute approximate surface area is 192 Å². The average molecular weight is 446 g/mol. The van der Waals surface area contributed by atoms with Crippen molar-refractivity contribution in [3.05, 3.63) is 77.4 Å². The standard InChI is InChI=1S/C25H24ClN5O/c1-2-31-24-22(17-27-31)21(16-23(28-24)18-7-4-3-5-8-18)25(32)30-13-11-29(12-14-30)20-10-6-9-19(26)15-20/h3-10,15-17H,2,11-14H2,1H3.